The first kappa shape index (κ1) is 11.6. The number of hydrogen-bond acceptors (Lipinski definition) is 2. The predicted octanol–water partition coefficient (Wildman–Crippen LogP) is 2.39. The summed E-state index contributed by atoms with van der Waals surface area (Å²) in [5.74, 6) is 0. The Labute approximate surface area is 98.4 Å². The summed E-state index contributed by atoms with van der Waals surface area (Å²) < 4.78 is 0. The summed E-state index contributed by atoms with van der Waals surface area (Å²) in [6, 6.07) is 11.6. The smallest absolute Gasteiger partial charge is 0.0247 e. The van der Waals surface area contributed by atoms with Crippen molar-refractivity contribution in [3.8, 4) is 0 Å². The van der Waals surface area contributed by atoms with E-state index in [1.165, 1.54) is 31.2 Å². The molecule has 1 aromatic rings. The molecule has 2 unspecified atom stereocenters. The molecule has 88 valence electrons. The van der Waals surface area contributed by atoms with E-state index in [2.05, 4.69) is 42.3 Å². The van der Waals surface area contributed by atoms with E-state index < -0.39 is 0 Å². The number of likely N-dealkylation sites (N-methyl/N-ethyl adjacent to an activating group) is 1. The van der Waals surface area contributed by atoms with Crippen molar-refractivity contribution >= 4 is 0 Å². The van der Waals surface area contributed by atoms with Crippen LogP contribution in [0, 0.1) is 0 Å². The number of rotatable bonds is 3. The van der Waals surface area contributed by atoms with E-state index in [1.54, 1.807) is 0 Å². The normalized spacial score (nSPS) is 25.9. The van der Waals surface area contributed by atoms with Crippen molar-refractivity contribution in [2.75, 3.05) is 7.05 Å². The zero-order valence-electron chi connectivity index (χ0n) is 10.1. The SMILES string of the molecule is CN(Cc1ccccc1)C1CCCCC1N. The number of hydrogen-bond donors (Lipinski definition) is 1. The number of benzene rings is 1. The van der Waals surface area contributed by atoms with E-state index in [0.29, 0.717) is 12.1 Å². The Morgan fingerprint density at radius 3 is 2.56 bits per heavy atom. The largest absolute Gasteiger partial charge is 0.326 e. The van der Waals surface area contributed by atoms with Crippen LogP contribution in [0.2, 0.25) is 0 Å². The third-order valence-electron chi connectivity index (χ3n) is 3.62. The Morgan fingerprint density at radius 2 is 1.88 bits per heavy atom. The molecule has 0 heterocycles. The fraction of sp³-hybridized carbons (Fsp3) is 0.571. The van der Waals surface area contributed by atoms with Crippen LogP contribution in [0.15, 0.2) is 30.3 Å². The van der Waals surface area contributed by atoms with Crippen LogP contribution in [0.3, 0.4) is 0 Å². The zero-order valence-corrected chi connectivity index (χ0v) is 10.1. The fourth-order valence-electron chi connectivity index (χ4n) is 2.68. The van der Waals surface area contributed by atoms with E-state index >= 15 is 0 Å². The van der Waals surface area contributed by atoms with Crippen molar-refractivity contribution in [3.05, 3.63) is 35.9 Å². The zero-order chi connectivity index (χ0) is 11.4. The molecule has 0 amide bonds. The van der Waals surface area contributed by atoms with Gasteiger partial charge in [-0.05, 0) is 25.5 Å². The second-order valence-electron chi connectivity index (χ2n) is 4.92. The predicted molar refractivity (Wildman–Crippen MR) is 68.1 cm³/mol. The highest BCUT2D eigenvalue weighted by Crippen LogP contribution is 2.22. The van der Waals surface area contributed by atoms with Crippen molar-refractivity contribution in [1.29, 1.82) is 0 Å². The third-order valence-corrected chi connectivity index (χ3v) is 3.62. The minimum Gasteiger partial charge on any atom is -0.326 e. The summed E-state index contributed by atoms with van der Waals surface area (Å²) in [6.07, 6.45) is 5.07. The lowest BCUT2D eigenvalue weighted by Gasteiger charge is -2.36. The van der Waals surface area contributed by atoms with E-state index in [0.717, 1.165) is 6.54 Å². The summed E-state index contributed by atoms with van der Waals surface area (Å²) in [4.78, 5) is 2.42. The van der Waals surface area contributed by atoms with Crippen molar-refractivity contribution < 1.29 is 0 Å². The lowest BCUT2D eigenvalue weighted by atomic mass is 9.90. The highest BCUT2D eigenvalue weighted by atomic mass is 15.1. The van der Waals surface area contributed by atoms with Crippen LogP contribution in [0.25, 0.3) is 0 Å². The van der Waals surface area contributed by atoms with E-state index in [4.69, 9.17) is 5.73 Å². The van der Waals surface area contributed by atoms with E-state index in [-0.39, 0.29) is 0 Å². The van der Waals surface area contributed by atoms with Gasteiger partial charge in [0.2, 0.25) is 0 Å². The maximum Gasteiger partial charge on any atom is 0.0247 e. The van der Waals surface area contributed by atoms with Crippen LogP contribution in [0.5, 0.6) is 0 Å². The summed E-state index contributed by atoms with van der Waals surface area (Å²) in [5.41, 5.74) is 7.57. The lowest BCUT2D eigenvalue weighted by molar-refractivity contribution is 0.162. The van der Waals surface area contributed by atoms with Crippen molar-refractivity contribution in [2.24, 2.45) is 5.73 Å². The molecule has 2 atom stereocenters. The molecule has 2 nitrogen and oxygen atoms in total. The molecule has 1 aromatic carbocycles. The maximum absolute atomic E-state index is 6.19. The molecule has 1 aliphatic rings. The maximum atomic E-state index is 6.19. The molecule has 0 radical (unpaired) electrons. The summed E-state index contributed by atoms with van der Waals surface area (Å²) in [6.45, 7) is 1.01. The molecule has 1 aliphatic carbocycles. The van der Waals surface area contributed by atoms with Gasteiger partial charge in [-0.3, -0.25) is 4.90 Å². The van der Waals surface area contributed by atoms with Gasteiger partial charge >= 0.3 is 0 Å². The summed E-state index contributed by atoms with van der Waals surface area (Å²) >= 11 is 0. The van der Waals surface area contributed by atoms with Crippen molar-refractivity contribution in [2.45, 2.75) is 44.3 Å². The highest BCUT2D eigenvalue weighted by Gasteiger charge is 2.25. The van der Waals surface area contributed by atoms with Gasteiger partial charge in [-0.1, -0.05) is 43.2 Å². The Morgan fingerprint density at radius 1 is 1.19 bits per heavy atom. The first-order valence-corrected chi connectivity index (χ1v) is 6.27. The average Bonchev–Trinajstić information content (AvgIpc) is 2.31. The minimum absolute atomic E-state index is 0.363. The van der Waals surface area contributed by atoms with Gasteiger partial charge in [-0.2, -0.15) is 0 Å². The Balaban J connectivity index is 1.94. The van der Waals surface area contributed by atoms with E-state index in [1.807, 2.05) is 0 Å². The second kappa shape index (κ2) is 5.46. The van der Waals surface area contributed by atoms with Gasteiger partial charge < -0.3 is 5.73 Å². The lowest BCUT2D eigenvalue weighted by Crippen LogP contribution is -2.47. The van der Waals surface area contributed by atoms with Crippen LogP contribution in [-0.2, 0) is 6.54 Å². The minimum atomic E-state index is 0.363. The summed E-state index contributed by atoms with van der Waals surface area (Å²) in [5, 5.41) is 0. The van der Waals surface area contributed by atoms with Gasteiger partial charge in [0.1, 0.15) is 0 Å². The number of nitrogens with two attached hydrogens (primary N) is 1. The molecule has 2 N–H and O–H groups in total. The molecule has 2 rings (SSSR count). The van der Waals surface area contributed by atoms with Gasteiger partial charge in [-0.25, -0.2) is 0 Å². The van der Waals surface area contributed by atoms with Crippen LogP contribution >= 0.6 is 0 Å². The van der Waals surface area contributed by atoms with Gasteiger partial charge in [-0.15, -0.1) is 0 Å². The van der Waals surface area contributed by atoms with Crippen LogP contribution in [-0.4, -0.2) is 24.0 Å². The molecule has 0 aromatic heterocycles. The molecule has 2 heteroatoms. The van der Waals surface area contributed by atoms with Crippen molar-refractivity contribution in [3.63, 3.8) is 0 Å². The third kappa shape index (κ3) is 2.83. The van der Waals surface area contributed by atoms with Gasteiger partial charge in [0.05, 0.1) is 0 Å². The van der Waals surface area contributed by atoms with Crippen LogP contribution in [0.4, 0.5) is 0 Å². The first-order chi connectivity index (χ1) is 7.77. The topological polar surface area (TPSA) is 29.3 Å². The molecular weight excluding hydrogens is 196 g/mol. The molecule has 1 fully saturated rings. The Hall–Kier alpha value is -0.860. The standard InChI is InChI=1S/C14H22N2/c1-16(11-12-7-3-2-4-8-12)14-10-6-5-9-13(14)15/h2-4,7-8,13-14H,5-6,9-11,15H2,1H3. The molecule has 0 saturated heterocycles. The first-order valence-electron chi connectivity index (χ1n) is 6.27. The second-order valence-corrected chi connectivity index (χ2v) is 4.92. The van der Waals surface area contributed by atoms with E-state index in [9.17, 15) is 0 Å². The molecule has 0 spiro atoms. The number of nitrogens with zero attached hydrogens (tertiary/aromatic N) is 1. The van der Waals surface area contributed by atoms with Gasteiger partial charge in [0, 0.05) is 18.6 Å². The molecule has 1 saturated carbocycles. The quantitative estimate of drug-likeness (QED) is 0.844. The fourth-order valence-corrected chi connectivity index (χ4v) is 2.68. The Kier molecular flexibility index (Phi) is 3.97. The van der Waals surface area contributed by atoms with Crippen LogP contribution in [0.1, 0.15) is 31.2 Å². The monoisotopic (exact) mass is 218 g/mol. The van der Waals surface area contributed by atoms with Crippen molar-refractivity contribution in [1.82, 2.24) is 4.90 Å². The molecular formula is C14H22N2. The molecule has 16 heavy (non-hydrogen) atoms. The summed E-state index contributed by atoms with van der Waals surface area (Å²) in [7, 11) is 2.20. The highest BCUT2D eigenvalue weighted by molar-refractivity contribution is 5.14. The van der Waals surface area contributed by atoms with Gasteiger partial charge in [0.25, 0.3) is 0 Å². The van der Waals surface area contributed by atoms with Crippen LogP contribution < -0.4 is 5.73 Å². The Bertz CT molecular complexity index is 310. The molecule has 0 aliphatic heterocycles. The van der Waals surface area contributed by atoms with Gasteiger partial charge in [0.15, 0.2) is 0 Å². The average molecular weight is 218 g/mol. The molecule has 0 bridgehead atoms.